The first-order chi connectivity index (χ1) is 10.0. The third-order valence-corrected chi connectivity index (χ3v) is 3.07. The molecule has 0 atom stereocenters. The molecule has 2 aromatic heterocycles. The second-order valence-corrected chi connectivity index (χ2v) is 4.80. The minimum Gasteiger partial charge on any atom is -0.321 e. The highest BCUT2D eigenvalue weighted by Gasteiger charge is 2.13. The fourth-order valence-electron chi connectivity index (χ4n) is 2.13. The minimum atomic E-state index is -0.357. The van der Waals surface area contributed by atoms with Gasteiger partial charge in [0.15, 0.2) is 11.3 Å². The summed E-state index contributed by atoms with van der Waals surface area (Å²) in [4.78, 5) is 16.5. The monoisotopic (exact) mass is 284 g/mol. The Labute approximate surface area is 120 Å². The van der Waals surface area contributed by atoms with Gasteiger partial charge in [-0.05, 0) is 44.2 Å². The Bertz CT molecular complexity index is 824. The summed E-state index contributed by atoms with van der Waals surface area (Å²) in [6, 6.07) is 9.08. The molecular formula is C15H13FN4O. The minimum absolute atomic E-state index is 0.264. The lowest BCUT2D eigenvalue weighted by atomic mass is 10.3. The van der Waals surface area contributed by atoms with Crippen molar-refractivity contribution >= 4 is 17.2 Å². The van der Waals surface area contributed by atoms with E-state index in [1.165, 1.54) is 24.3 Å². The van der Waals surface area contributed by atoms with Gasteiger partial charge in [0.05, 0.1) is 0 Å². The molecule has 1 aromatic carbocycles. The summed E-state index contributed by atoms with van der Waals surface area (Å²) in [6.45, 7) is 3.79. The van der Waals surface area contributed by atoms with Crippen molar-refractivity contribution in [3.8, 4) is 0 Å². The summed E-state index contributed by atoms with van der Waals surface area (Å²) in [5.74, 6) is -0.708. The van der Waals surface area contributed by atoms with Crippen molar-refractivity contribution in [3.05, 3.63) is 59.3 Å². The molecule has 1 N–H and O–H groups in total. The van der Waals surface area contributed by atoms with Gasteiger partial charge in [0, 0.05) is 23.1 Å². The maximum absolute atomic E-state index is 12.8. The maximum Gasteiger partial charge on any atom is 0.276 e. The number of halogens is 1. The number of aryl methyl sites for hydroxylation is 2. The standard InChI is InChI=1S/C15H13FN4O/c1-9-7-10(2)20-14(17-9)8-13(19-20)15(21)18-12-5-3-11(16)4-6-12/h3-8H,1-2H3,(H,18,21). The fourth-order valence-corrected chi connectivity index (χ4v) is 2.13. The van der Waals surface area contributed by atoms with Crippen LogP contribution in [0.15, 0.2) is 36.4 Å². The first-order valence-corrected chi connectivity index (χ1v) is 6.44. The Balaban J connectivity index is 1.91. The van der Waals surface area contributed by atoms with E-state index < -0.39 is 0 Å². The van der Waals surface area contributed by atoms with Crippen molar-refractivity contribution in [2.45, 2.75) is 13.8 Å². The zero-order valence-corrected chi connectivity index (χ0v) is 11.6. The smallest absolute Gasteiger partial charge is 0.276 e. The van der Waals surface area contributed by atoms with Crippen molar-refractivity contribution in [2.75, 3.05) is 5.32 Å². The summed E-state index contributed by atoms with van der Waals surface area (Å²) >= 11 is 0. The molecule has 0 spiro atoms. The number of amides is 1. The van der Waals surface area contributed by atoms with Crippen LogP contribution < -0.4 is 5.32 Å². The Morgan fingerprint density at radius 1 is 1.19 bits per heavy atom. The van der Waals surface area contributed by atoms with Gasteiger partial charge in [-0.25, -0.2) is 13.9 Å². The van der Waals surface area contributed by atoms with Crippen LogP contribution in [0, 0.1) is 19.7 Å². The predicted molar refractivity (Wildman–Crippen MR) is 76.8 cm³/mol. The molecule has 0 aliphatic carbocycles. The second kappa shape index (κ2) is 4.97. The van der Waals surface area contributed by atoms with E-state index in [1.807, 2.05) is 19.9 Å². The summed E-state index contributed by atoms with van der Waals surface area (Å²) in [5.41, 5.74) is 3.17. The number of anilines is 1. The molecule has 0 unspecified atom stereocenters. The van der Waals surface area contributed by atoms with E-state index in [0.717, 1.165) is 11.4 Å². The largest absolute Gasteiger partial charge is 0.321 e. The molecule has 21 heavy (non-hydrogen) atoms. The number of hydrogen-bond donors (Lipinski definition) is 1. The average Bonchev–Trinajstić information content (AvgIpc) is 2.85. The van der Waals surface area contributed by atoms with Crippen LogP contribution in [0.1, 0.15) is 21.9 Å². The summed E-state index contributed by atoms with van der Waals surface area (Å²) in [7, 11) is 0. The van der Waals surface area contributed by atoms with Crippen LogP contribution in [0.5, 0.6) is 0 Å². The Kier molecular flexibility index (Phi) is 3.13. The SMILES string of the molecule is Cc1cc(C)n2nc(C(=O)Nc3ccc(F)cc3)cc2n1. The zero-order chi connectivity index (χ0) is 15.0. The van der Waals surface area contributed by atoms with E-state index in [1.54, 1.807) is 10.6 Å². The van der Waals surface area contributed by atoms with E-state index in [2.05, 4.69) is 15.4 Å². The molecule has 5 nitrogen and oxygen atoms in total. The van der Waals surface area contributed by atoms with Crippen LogP contribution in [-0.2, 0) is 0 Å². The van der Waals surface area contributed by atoms with Gasteiger partial charge in [-0.2, -0.15) is 5.10 Å². The van der Waals surface area contributed by atoms with E-state index in [0.29, 0.717) is 11.3 Å². The van der Waals surface area contributed by atoms with Gasteiger partial charge >= 0.3 is 0 Å². The molecule has 0 saturated heterocycles. The number of rotatable bonds is 2. The quantitative estimate of drug-likeness (QED) is 0.787. The maximum atomic E-state index is 12.8. The summed E-state index contributed by atoms with van der Waals surface area (Å²) in [5, 5.41) is 6.91. The van der Waals surface area contributed by atoms with Crippen LogP contribution >= 0.6 is 0 Å². The number of carbonyl (C=O) groups is 1. The van der Waals surface area contributed by atoms with Crippen LogP contribution in [0.3, 0.4) is 0 Å². The highest BCUT2D eigenvalue weighted by atomic mass is 19.1. The van der Waals surface area contributed by atoms with Gasteiger partial charge in [0.2, 0.25) is 0 Å². The topological polar surface area (TPSA) is 59.3 Å². The van der Waals surface area contributed by atoms with Crippen LogP contribution in [-0.4, -0.2) is 20.5 Å². The molecule has 0 aliphatic rings. The first-order valence-electron chi connectivity index (χ1n) is 6.44. The van der Waals surface area contributed by atoms with Crippen LogP contribution in [0.2, 0.25) is 0 Å². The number of benzene rings is 1. The lowest BCUT2D eigenvalue weighted by Crippen LogP contribution is -2.12. The van der Waals surface area contributed by atoms with Crippen molar-refractivity contribution in [3.63, 3.8) is 0 Å². The summed E-state index contributed by atoms with van der Waals surface area (Å²) < 4.78 is 14.4. The average molecular weight is 284 g/mol. The molecule has 3 rings (SSSR count). The normalized spacial score (nSPS) is 10.8. The Hall–Kier alpha value is -2.76. The lowest BCUT2D eigenvalue weighted by Gasteiger charge is -2.02. The van der Waals surface area contributed by atoms with Gasteiger partial charge in [-0.3, -0.25) is 4.79 Å². The highest BCUT2D eigenvalue weighted by molar-refractivity contribution is 6.03. The second-order valence-electron chi connectivity index (χ2n) is 4.80. The summed E-state index contributed by atoms with van der Waals surface area (Å²) in [6.07, 6.45) is 0. The predicted octanol–water partition coefficient (Wildman–Crippen LogP) is 2.74. The molecule has 1 amide bonds. The molecule has 6 heteroatoms. The molecule has 0 bridgehead atoms. The van der Waals surface area contributed by atoms with Gasteiger partial charge < -0.3 is 5.32 Å². The molecular weight excluding hydrogens is 271 g/mol. The number of nitrogens with zero attached hydrogens (tertiary/aromatic N) is 3. The third kappa shape index (κ3) is 2.60. The molecule has 3 aromatic rings. The van der Waals surface area contributed by atoms with Crippen molar-refractivity contribution < 1.29 is 9.18 Å². The van der Waals surface area contributed by atoms with E-state index >= 15 is 0 Å². The van der Waals surface area contributed by atoms with Gasteiger partial charge in [-0.15, -0.1) is 0 Å². The van der Waals surface area contributed by atoms with Crippen LogP contribution in [0.4, 0.5) is 10.1 Å². The van der Waals surface area contributed by atoms with Crippen molar-refractivity contribution in [1.29, 1.82) is 0 Å². The number of hydrogen-bond acceptors (Lipinski definition) is 3. The highest BCUT2D eigenvalue weighted by Crippen LogP contribution is 2.12. The molecule has 0 radical (unpaired) electrons. The van der Waals surface area contributed by atoms with Crippen molar-refractivity contribution in [1.82, 2.24) is 14.6 Å². The number of nitrogens with one attached hydrogen (secondary N) is 1. The Morgan fingerprint density at radius 3 is 2.62 bits per heavy atom. The molecule has 0 fully saturated rings. The number of fused-ring (bicyclic) bond motifs is 1. The fraction of sp³-hybridized carbons (Fsp3) is 0.133. The zero-order valence-electron chi connectivity index (χ0n) is 11.6. The van der Waals surface area contributed by atoms with Crippen molar-refractivity contribution in [2.24, 2.45) is 0 Å². The van der Waals surface area contributed by atoms with Gasteiger partial charge in [0.1, 0.15) is 5.82 Å². The van der Waals surface area contributed by atoms with Gasteiger partial charge in [0.25, 0.3) is 5.91 Å². The first kappa shape index (κ1) is 13.2. The van der Waals surface area contributed by atoms with E-state index in [9.17, 15) is 9.18 Å². The van der Waals surface area contributed by atoms with Crippen LogP contribution in [0.25, 0.3) is 5.65 Å². The number of aromatic nitrogens is 3. The molecule has 0 saturated carbocycles. The van der Waals surface area contributed by atoms with E-state index in [4.69, 9.17) is 0 Å². The Morgan fingerprint density at radius 2 is 1.90 bits per heavy atom. The third-order valence-electron chi connectivity index (χ3n) is 3.07. The van der Waals surface area contributed by atoms with Gasteiger partial charge in [-0.1, -0.05) is 0 Å². The molecule has 106 valence electrons. The molecule has 0 aliphatic heterocycles. The van der Waals surface area contributed by atoms with E-state index in [-0.39, 0.29) is 17.4 Å². The lowest BCUT2D eigenvalue weighted by molar-refractivity contribution is 0.102. The number of carbonyl (C=O) groups excluding carboxylic acids is 1. The molecule has 2 heterocycles.